The molecule has 2 unspecified atom stereocenters. The van der Waals surface area contributed by atoms with Gasteiger partial charge < -0.3 is 29.9 Å². The third kappa shape index (κ3) is 5.83. The van der Waals surface area contributed by atoms with Crippen molar-refractivity contribution in [3.8, 4) is 11.5 Å². The van der Waals surface area contributed by atoms with Crippen LogP contribution in [0.4, 0.5) is 11.4 Å². The second kappa shape index (κ2) is 11.5. The molecule has 3 atom stereocenters. The fraction of sp³-hybridized carbons (Fsp3) is 0.321. The number of carbonyl (C=O) groups is 1. The van der Waals surface area contributed by atoms with Gasteiger partial charge in [-0.3, -0.25) is 4.79 Å². The summed E-state index contributed by atoms with van der Waals surface area (Å²) in [6, 6.07) is 16.8. The molecule has 0 amide bonds. The number of hydrogen-bond acceptors (Lipinski definition) is 8. The molecule has 1 heterocycles. The Balaban J connectivity index is 1.72. The Bertz CT molecular complexity index is 1320. The largest absolute Gasteiger partial charge is 0.593 e. The number of nitrogen functional groups attached to an aromatic ring is 1. The predicted molar refractivity (Wildman–Crippen MR) is 149 cm³/mol. The predicted octanol–water partition coefficient (Wildman–Crippen LogP) is 3.81. The summed E-state index contributed by atoms with van der Waals surface area (Å²) in [7, 11) is 3.18. The molecule has 38 heavy (non-hydrogen) atoms. The summed E-state index contributed by atoms with van der Waals surface area (Å²) in [4.78, 5) is 12.6. The first-order valence-electron chi connectivity index (χ1n) is 12.3. The molecule has 1 aliphatic heterocycles. The number of carboxylic acid groups (broad SMARTS) is 1. The number of aliphatic carboxylic acids is 1. The molecule has 5 N–H and O–H groups in total. The molecule has 3 aromatic carbocycles. The highest BCUT2D eigenvalue weighted by Gasteiger charge is 2.33. The van der Waals surface area contributed by atoms with E-state index in [0.29, 0.717) is 46.4 Å². The average molecular weight is 539 g/mol. The Hall–Kier alpha value is -3.44. The van der Waals surface area contributed by atoms with Crippen LogP contribution in [0, 0.1) is 6.92 Å². The number of aryl methyl sites for hydroxylation is 1. The molecule has 0 fully saturated rings. The van der Waals surface area contributed by atoms with E-state index in [1.807, 2.05) is 60.6 Å². The summed E-state index contributed by atoms with van der Waals surface area (Å²) in [5.74, 6) is 5.60. The smallest absolute Gasteiger partial charge is 0.304 e. The lowest BCUT2D eigenvalue weighted by Crippen LogP contribution is -2.35. The number of nitrogens with zero attached hydrogens (tertiary/aromatic N) is 2. The molecule has 0 bridgehead atoms. The van der Waals surface area contributed by atoms with Crippen LogP contribution >= 0.6 is 0 Å². The van der Waals surface area contributed by atoms with Crippen LogP contribution in [0.25, 0.3) is 0 Å². The monoisotopic (exact) mass is 538 g/mol. The minimum absolute atomic E-state index is 0.142. The Kier molecular flexibility index (Phi) is 8.37. The molecular formula is C28H34N4O5S. The minimum atomic E-state index is -1.41. The van der Waals surface area contributed by atoms with E-state index in [9.17, 15) is 14.5 Å². The van der Waals surface area contributed by atoms with Gasteiger partial charge in [0.15, 0.2) is 5.75 Å². The molecule has 10 heteroatoms. The highest BCUT2D eigenvalue weighted by Crippen LogP contribution is 2.40. The zero-order chi connectivity index (χ0) is 27.6. The van der Waals surface area contributed by atoms with Gasteiger partial charge in [0.05, 0.1) is 43.7 Å². The first-order valence-corrected chi connectivity index (χ1v) is 13.4. The SMILES string of the molecule is COc1cc(C(CC(=O)O)c2ccc(C)c(CN3C[C@@H](C)Oc4ccccc4[S+]3[O-])c2)cc(N)c1N(C)N. The van der Waals surface area contributed by atoms with Crippen molar-refractivity contribution in [1.29, 1.82) is 0 Å². The quantitative estimate of drug-likeness (QED) is 0.169. The zero-order valence-corrected chi connectivity index (χ0v) is 22.8. The van der Waals surface area contributed by atoms with Gasteiger partial charge in [-0.2, -0.15) is 0 Å². The van der Waals surface area contributed by atoms with E-state index < -0.39 is 23.2 Å². The summed E-state index contributed by atoms with van der Waals surface area (Å²) in [6.07, 6.45) is -0.294. The number of carboxylic acids is 1. The van der Waals surface area contributed by atoms with Gasteiger partial charge >= 0.3 is 5.97 Å². The van der Waals surface area contributed by atoms with Crippen molar-refractivity contribution in [3.63, 3.8) is 0 Å². The van der Waals surface area contributed by atoms with E-state index in [1.54, 1.807) is 19.2 Å². The summed E-state index contributed by atoms with van der Waals surface area (Å²) >= 11 is -1.41. The fourth-order valence-corrected chi connectivity index (χ4v) is 6.18. The second-order valence-corrected chi connectivity index (χ2v) is 11.0. The van der Waals surface area contributed by atoms with Gasteiger partial charge in [-0.05, 0) is 60.4 Å². The lowest BCUT2D eigenvalue weighted by Gasteiger charge is -2.25. The van der Waals surface area contributed by atoms with Crippen molar-refractivity contribution in [2.45, 2.75) is 43.7 Å². The third-order valence-electron chi connectivity index (χ3n) is 6.66. The van der Waals surface area contributed by atoms with E-state index in [1.165, 1.54) is 12.1 Å². The Morgan fingerprint density at radius 3 is 2.68 bits per heavy atom. The standard InChI is InChI=1S/C28H34N4O5S/c1-17-9-10-19(22(14-27(33)34)20-12-23(29)28(31(3)30)25(13-20)36-4)11-21(17)16-32-15-18(2)37-24-7-5-6-8-26(24)38(32)35/h5-13,18,22H,14-16,29-30H2,1-4H3,(H,33,34)/t18-,22?,38?/m1/s1. The number of para-hydroxylation sites is 1. The van der Waals surface area contributed by atoms with Crippen LogP contribution in [-0.4, -0.2) is 46.7 Å². The van der Waals surface area contributed by atoms with Crippen LogP contribution in [0.5, 0.6) is 11.5 Å². The molecular weight excluding hydrogens is 504 g/mol. The normalized spacial score (nSPS) is 18.2. The number of ether oxygens (including phenoxy) is 2. The molecule has 0 radical (unpaired) electrons. The molecule has 0 spiro atoms. The van der Waals surface area contributed by atoms with Gasteiger partial charge in [0.25, 0.3) is 0 Å². The zero-order valence-electron chi connectivity index (χ0n) is 22.0. The highest BCUT2D eigenvalue weighted by atomic mass is 32.2. The summed E-state index contributed by atoms with van der Waals surface area (Å²) in [5, 5.41) is 11.1. The molecule has 3 aromatic rings. The number of benzene rings is 3. The Labute approximate surface area is 226 Å². The van der Waals surface area contributed by atoms with Crippen molar-refractivity contribution in [3.05, 3.63) is 76.9 Å². The first kappa shape index (κ1) is 27.6. The van der Waals surface area contributed by atoms with Crippen molar-refractivity contribution in [1.82, 2.24) is 4.31 Å². The molecule has 202 valence electrons. The molecule has 9 nitrogen and oxygen atoms in total. The number of rotatable bonds is 8. The van der Waals surface area contributed by atoms with Crippen LogP contribution in [0.1, 0.15) is 41.5 Å². The number of anilines is 2. The molecule has 0 saturated heterocycles. The average Bonchev–Trinajstić information content (AvgIpc) is 2.98. The maximum Gasteiger partial charge on any atom is 0.304 e. The van der Waals surface area contributed by atoms with Crippen LogP contribution in [0.2, 0.25) is 0 Å². The number of hydrazine groups is 1. The van der Waals surface area contributed by atoms with Gasteiger partial charge in [0, 0.05) is 13.0 Å². The lowest BCUT2D eigenvalue weighted by molar-refractivity contribution is -0.137. The first-order chi connectivity index (χ1) is 18.1. The van der Waals surface area contributed by atoms with Gasteiger partial charge in [0.2, 0.25) is 4.90 Å². The maximum atomic E-state index is 13.5. The van der Waals surface area contributed by atoms with E-state index >= 15 is 0 Å². The number of fused-ring (bicyclic) bond motifs is 1. The highest BCUT2D eigenvalue weighted by molar-refractivity contribution is 7.89. The lowest BCUT2D eigenvalue weighted by atomic mass is 9.86. The molecule has 0 aromatic heterocycles. The van der Waals surface area contributed by atoms with Crippen molar-refractivity contribution >= 4 is 28.7 Å². The fourth-order valence-electron chi connectivity index (χ4n) is 4.82. The molecule has 0 aliphatic carbocycles. The molecule has 4 rings (SSSR count). The van der Waals surface area contributed by atoms with Crippen LogP contribution < -0.4 is 26.1 Å². The van der Waals surface area contributed by atoms with E-state index in [-0.39, 0.29) is 12.5 Å². The van der Waals surface area contributed by atoms with Crippen molar-refractivity contribution in [2.75, 3.05) is 31.4 Å². The van der Waals surface area contributed by atoms with Gasteiger partial charge in [-0.25, -0.2) is 5.84 Å². The second-order valence-electron chi connectivity index (χ2n) is 9.56. The molecule has 0 saturated carbocycles. The number of nitrogens with two attached hydrogens (primary N) is 2. The van der Waals surface area contributed by atoms with E-state index in [0.717, 1.165) is 16.7 Å². The van der Waals surface area contributed by atoms with Gasteiger partial charge in [-0.15, -0.1) is 4.31 Å². The summed E-state index contributed by atoms with van der Waals surface area (Å²) in [6.45, 7) is 4.84. The van der Waals surface area contributed by atoms with Crippen LogP contribution in [0.3, 0.4) is 0 Å². The topological polar surface area (TPSA) is 137 Å². The Morgan fingerprint density at radius 1 is 1.26 bits per heavy atom. The maximum absolute atomic E-state index is 13.5. The number of methoxy groups -OCH3 is 1. The van der Waals surface area contributed by atoms with E-state index in [4.69, 9.17) is 21.1 Å². The molecule has 1 aliphatic rings. The van der Waals surface area contributed by atoms with Gasteiger partial charge in [0.1, 0.15) is 17.5 Å². The minimum Gasteiger partial charge on any atom is -0.593 e. The summed E-state index contributed by atoms with van der Waals surface area (Å²) in [5.41, 5.74) is 10.7. The number of hydrogen-bond donors (Lipinski definition) is 3. The van der Waals surface area contributed by atoms with Crippen LogP contribution in [0.15, 0.2) is 59.5 Å². The third-order valence-corrected chi connectivity index (χ3v) is 8.12. The van der Waals surface area contributed by atoms with Crippen molar-refractivity contribution in [2.24, 2.45) is 5.84 Å². The van der Waals surface area contributed by atoms with E-state index in [2.05, 4.69) is 0 Å². The van der Waals surface area contributed by atoms with Crippen molar-refractivity contribution < 1.29 is 23.9 Å². The van der Waals surface area contributed by atoms with Gasteiger partial charge in [-0.1, -0.05) is 30.3 Å². The van der Waals surface area contributed by atoms with Crippen LogP contribution in [-0.2, 0) is 22.7 Å². The Morgan fingerprint density at radius 2 is 2.00 bits per heavy atom. The summed E-state index contributed by atoms with van der Waals surface area (Å²) < 4.78 is 26.9.